The molecule has 0 atom stereocenters. The first kappa shape index (κ1) is 22.4. The Bertz CT molecular complexity index is 288. The number of carbonyl (C=O) groups excluding carboxylic acids is 1. The zero-order valence-electron chi connectivity index (χ0n) is 14.7. The van der Waals surface area contributed by atoms with Crippen LogP contribution in [-0.4, -0.2) is 25.5 Å². The van der Waals surface area contributed by atoms with Crippen molar-refractivity contribution in [3.63, 3.8) is 0 Å². The van der Waals surface area contributed by atoms with Crippen LogP contribution in [0.25, 0.3) is 0 Å². The van der Waals surface area contributed by atoms with E-state index in [-0.39, 0.29) is 49.1 Å². The molecule has 22 heavy (non-hydrogen) atoms. The molecule has 0 aliphatic carbocycles. The normalized spacial score (nSPS) is 24.7. The van der Waals surface area contributed by atoms with Gasteiger partial charge < -0.3 is 19.4 Å². The number of carboxylic acid groups (broad SMARTS) is 1. The minimum absolute atomic E-state index is 0. The van der Waals surface area contributed by atoms with Crippen LogP contribution in [0.4, 0.5) is 0 Å². The topological polar surface area (TPSA) is 58.6 Å². The predicted octanol–water partition coefficient (Wildman–Crippen LogP) is 0.0404. The van der Waals surface area contributed by atoms with Crippen molar-refractivity contribution < 1.29 is 48.9 Å². The summed E-state index contributed by atoms with van der Waals surface area (Å²) in [6.45, 7) is 4.23. The summed E-state index contributed by atoms with van der Waals surface area (Å²) in [5, 5.41) is 10.9. The van der Waals surface area contributed by atoms with Gasteiger partial charge in [0.2, 0.25) is 0 Å². The van der Waals surface area contributed by atoms with Crippen LogP contribution in [0.15, 0.2) is 0 Å². The Morgan fingerprint density at radius 1 is 1.00 bits per heavy atom. The van der Waals surface area contributed by atoms with Gasteiger partial charge in [-0.1, -0.05) is 58.3 Å². The number of ether oxygens (including phenoxy) is 2. The quantitative estimate of drug-likeness (QED) is 0.398. The largest absolute Gasteiger partial charge is 1.00 e. The molecule has 0 spiro atoms. The van der Waals surface area contributed by atoms with E-state index >= 15 is 0 Å². The third kappa shape index (κ3) is 8.88. The summed E-state index contributed by atoms with van der Waals surface area (Å²) in [6, 6.07) is 0. The van der Waals surface area contributed by atoms with E-state index in [1.165, 1.54) is 51.4 Å². The van der Waals surface area contributed by atoms with Crippen molar-refractivity contribution in [2.75, 3.05) is 13.2 Å². The summed E-state index contributed by atoms with van der Waals surface area (Å²) < 4.78 is 11.0. The van der Waals surface area contributed by atoms with Gasteiger partial charge in [-0.25, -0.2) is 0 Å². The molecular weight excluding hydrogens is 291 g/mol. The van der Waals surface area contributed by atoms with Crippen molar-refractivity contribution in [2.45, 2.75) is 84.3 Å². The van der Waals surface area contributed by atoms with Crippen LogP contribution in [0.5, 0.6) is 0 Å². The molecule has 0 aromatic rings. The number of rotatable bonds is 11. The van der Waals surface area contributed by atoms with Gasteiger partial charge in [0, 0.05) is 0 Å². The number of aliphatic carboxylic acids is 1. The number of hydrogen-bond acceptors (Lipinski definition) is 4. The van der Waals surface area contributed by atoms with E-state index in [9.17, 15) is 9.90 Å². The van der Waals surface area contributed by atoms with Crippen molar-refractivity contribution in [1.82, 2.24) is 0 Å². The van der Waals surface area contributed by atoms with E-state index < -0.39 is 11.4 Å². The van der Waals surface area contributed by atoms with Crippen LogP contribution in [0.3, 0.4) is 0 Å². The number of unbranched alkanes of at least 4 members (excludes halogenated alkanes) is 8. The van der Waals surface area contributed by atoms with Crippen LogP contribution in [0.1, 0.15) is 78.1 Å². The van der Waals surface area contributed by atoms with Gasteiger partial charge in [0.1, 0.15) is 0 Å². The smallest absolute Gasteiger partial charge is 0.549 e. The van der Waals surface area contributed by atoms with Crippen molar-refractivity contribution >= 4 is 5.97 Å². The van der Waals surface area contributed by atoms with Gasteiger partial charge in [-0.05, 0) is 19.8 Å². The van der Waals surface area contributed by atoms with E-state index in [4.69, 9.17) is 9.47 Å². The molecule has 1 rings (SSSR count). The Morgan fingerprint density at radius 3 is 1.91 bits per heavy atom. The number of carboxylic acids is 1. The molecule has 4 nitrogen and oxygen atoms in total. The van der Waals surface area contributed by atoms with Gasteiger partial charge in [-0.2, -0.15) is 0 Å². The van der Waals surface area contributed by atoms with Gasteiger partial charge >= 0.3 is 29.6 Å². The second kappa shape index (κ2) is 12.8. The molecule has 1 aliphatic rings. The molecule has 0 aromatic carbocycles. The van der Waals surface area contributed by atoms with Gasteiger partial charge in [0.25, 0.3) is 0 Å². The maximum absolute atomic E-state index is 10.9. The van der Waals surface area contributed by atoms with Crippen LogP contribution in [0.2, 0.25) is 0 Å². The Labute approximate surface area is 157 Å². The zero-order valence-corrected chi connectivity index (χ0v) is 16.7. The molecule has 5 heteroatoms. The Balaban J connectivity index is 0.00000441. The fourth-order valence-corrected chi connectivity index (χ4v) is 2.55. The van der Waals surface area contributed by atoms with Crippen LogP contribution < -0.4 is 34.7 Å². The molecule has 0 bridgehead atoms. The van der Waals surface area contributed by atoms with E-state index in [0.717, 1.165) is 12.8 Å². The minimum atomic E-state index is -1.09. The van der Waals surface area contributed by atoms with Crippen molar-refractivity contribution in [2.24, 2.45) is 5.41 Å². The molecular formula is C17H31NaO4. The molecule has 0 amide bonds. The standard InChI is InChI=1S/C17H32O4.Na/c1-3-4-5-6-7-8-9-10-11-12-15-20-13-17(2,14-21-15)16(18)19;/h15H,3-14H2,1-2H3,(H,18,19);/q;+1/p-1. The van der Waals surface area contributed by atoms with Crippen LogP contribution in [-0.2, 0) is 14.3 Å². The monoisotopic (exact) mass is 322 g/mol. The molecule has 0 N–H and O–H groups in total. The summed E-state index contributed by atoms with van der Waals surface area (Å²) in [5.41, 5.74) is -0.991. The molecule has 0 aromatic heterocycles. The van der Waals surface area contributed by atoms with E-state index in [1.54, 1.807) is 6.92 Å². The molecule has 0 unspecified atom stereocenters. The summed E-state index contributed by atoms with van der Waals surface area (Å²) in [5.74, 6) is -1.09. The molecule has 1 heterocycles. The summed E-state index contributed by atoms with van der Waals surface area (Å²) in [6.07, 6.45) is 12.3. The SMILES string of the molecule is CCCCCCCCCCCC1OCC(C)(C(=O)[O-])CO1.[Na+]. The summed E-state index contributed by atoms with van der Waals surface area (Å²) >= 11 is 0. The zero-order chi connectivity index (χ0) is 15.6. The van der Waals surface area contributed by atoms with Crippen molar-refractivity contribution in [3.05, 3.63) is 0 Å². The Kier molecular flexibility index (Phi) is 13.0. The van der Waals surface area contributed by atoms with Gasteiger partial charge in [0.15, 0.2) is 6.29 Å². The number of carbonyl (C=O) groups is 1. The second-order valence-electron chi connectivity index (χ2n) is 6.52. The first-order chi connectivity index (χ1) is 10.1. The van der Waals surface area contributed by atoms with Crippen molar-refractivity contribution in [1.29, 1.82) is 0 Å². The second-order valence-corrected chi connectivity index (χ2v) is 6.52. The first-order valence-electron chi connectivity index (χ1n) is 8.53. The molecule has 1 saturated heterocycles. The third-order valence-corrected chi connectivity index (χ3v) is 4.21. The molecule has 0 radical (unpaired) electrons. The van der Waals surface area contributed by atoms with Crippen molar-refractivity contribution in [3.8, 4) is 0 Å². The predicted molar refractivity (Wildman–Crippen MR) is 80.7 cm³/mol. The van der Waals surface area contributed by atoms with E-state index in [2.05, 4.69) is 6.92 Å². The van der Waals surface area contributed by atoms with Gasteiger partial charge in [-0.15, -0.1) is 0 Å². The summed E-state index contributed by atoms with van der Waals surface area (Å²) in [7, 11) is 0. The maximum atomic E-state index is 10.9. The fraction of sp³-hybridized carbons (Fsp3) is 0.941. The van der Waals surface area contributed by atoms with E-state index in [0.29, 0.717) is 0 Å². The number of hydrogen-bond donors (Lipinski definition) is 0. The Morgan fingerprint density at radius 2 is 1.45 bits per heavy atom. The molecule has 1 fully saturated rings. The van der Waals surface area contributed by atoms with Crippen LogP contribution >= 0.6 is 0 Å². The van der Waals surface area contributed by atoms with Gasteiger partial charge in [0.05, 0.1) is 24.6 Å². The fourth-order valence-electron chi connectivity index (χ4n) is 2.55. The third-order valence-electron chi connectivity index (χ3n) is 4.21. The average Bonchev–Trinajstić information content (AvgIpc) is 2.47. The minimum Gasteiger partial charge on any atom is -0.549 e. The maximum Gasteiger partial charge on any atom is 1.00 e. The first-order valence-corrected chi connectivity index (χ1v) is 8.53. The van der Waals surface area contributed by atoms with E-state index in [1.807, 2.05) is 0 Å². The average molecular weight is 322 g/mol. The van der Waals surface area contributed by atoms with Crippen LogP contribution in [0, 0.1) is 5.41 Å². The molecule has 124 valence electrons. The summed E-state index contributed by atoms with van der Waals surface area (Å²) in [4.78, 5) is 10.9. The Hall–Kier alpha value is 0.390. The molecule has 1 aliphatic heterocycles. The molecule has 0 saturated carbocycles. The van der Waals surface area contributed by atoms with Gasteiger partial charge in [-0.3, -0.25) is 0 Å².